The second-order valence-electron chi connectivity index (χ2n) is 6.25. The molecule has 0 radical (unpaired) electrons. The third kappa shape index (κ3) is 4.52. The maximum atomic E-state index is 6.16. The molecule has 126 valence electrons. The van der Waals surface area contributed by atoms with E-state index in [9.17, 15) is 0 Å². The highest BCUT2D eigenvalue weighted by Crippen LogP contribution is 2.26. The summed E-state index contributed by atoms with van der Waals surface area (Å²) in [5.41, 5.74) is 8.27. The average molecular weight is 337 g/mol. The highest BCUT2D eigenvalue weighted by molar-refractivity contribution is 6.30. The number of anilines is 1. The first-order chi connectivity index (χ1) is 11.2. The molecule has 0 atom stereocenters. The molecule has 1 heterocycles. The number of nitrogens with two attached hydrogens (primary N) is 1. The molecule has 5 nitrogen and oxygen atoms in total. The lowest BCUT2D eigenvalue weighted by atomic mass is 9.85. The molecule has 3 rings (SSSR count). The van der Waals surface area contributed by atoms with Crippen molar-refractivity contribution in [3.8, 4) is 0 Å². The minimum absolute atomic E-state index is 0.518. The molecule has 0 aromatic heterocycles. The van der Waals surface area contributed by atoms with Crippen molar-refractivity contribution in [3.05, 3.63) is 28.8 Å². The Labute approximate surface area is 142 Å². The van der Waals surface area contributed by atoms with Gasteiger partial charge in [0.1, 0.15) is 0 Å². The zero-order chi connectivity index (χ0) is 16.1. The van der Waals surface area contributed by atoms with Crippen molar-refractivity contribution in [1.82, 2.24) is 5.32 Å². The monoisotopic (exact) mass is 336 g/mol. The molecule has 0 spiro atoms. The highest BCUT2D eigenvalue weighted by Gasteiger charge is 2.17. The zero-order valence-corrected chi connectivity index (χ0v) is 14.2. The van der Waals surface area contributed by atoms with Crippen molar-refractivity contribution < 1.29 is 4.74 Å². The number of morpholine rings is 1. The summed E-state index contributed by atoms with van der Waals surface area (Å²) in [6, 6.07) is 5.98. The number of nitrogens with one attached hydrogen (secondary N) is 1. The van der Waals surface area contributed by atoms with E-state index in [0.717, 1.165) is 49.4 Å². The van der Waals surface area contributed by atoms with Gasteiger partial charge in [-0.2, -0.15) is 0 Å². The van der Waals surface area contributed by atoms with E-state index in [4.69, 9.17) is 22.1 Å². The molecule has 6 heteroatoms. The van der Waals surface area contributed by atoms with Crippen LogP contribution < -0.4 is 16.0 Å². The fourth-order valence-corrected chi connectivity index (χ4v) is 3.16. The van der Waals surface area contributed by atoms with E-state index in [0.29, 0.717) is 12.5 Å². The molecule has 1 aromatic carbocycles. The molecule has 1 aliphatic carbocycles. The van der Waals surface area contributed by atoms with Crippen LogP contribution in [0.2, 0.25) is 5.02 Å². The fourth-order valence-electron chi connectivity index (χ4n) is 2.97. The van der Waals surface area contributed by atoms with Crippen molar-refractivity contribution in [2.75, 3.05) is 37.7 Å². The van der Waals surface area contributed by atoms with Crippen LogP contribution in [0.25, 0.3) is 0 Å². The number of nitrogens with zero attached hydrogens (tertiary/aromatic N) is 2. The van der Waals surface area contributed by atoms with Gasteiger partial charge in [0, 0.05) is 30.3 Å². The molecule has 2 fully saturated rings. The van der Waals surface area contributed by atoms with Gasteiger partial charge in [0.15, 0.2) is 5.96 Å². The van der Waals surface area contributed by atoms with Crippen LogP contribution in [0.15, 0.2) is 23.2 Å². The molecule has 1 aliphatic heterocycles. The van der Waals surface area contributed by atoms with E-state index in [1.807, 2.05) is 12.1 Å². The quantitative estimate of drug-likeness (QED) is 0.640. The second kappa shape index (κ2) is 7.88. The smallest absolute Gasteiger partial charge is 0.188 e. The Bertz CT molecular complexity index is 554. The molecule has 0 bridgehead atoms. The number of hydrogen-bond acceptors (Lipinski definition) is 3. The van der Waals surface area contributed by atoms with E-state index in [1.165, 1.54) is 24.9 Å². The minimum atomic E-state index is 0.518. The number of rotatable bonds is 5. The summed E-state index contributed by atoms with van der Waals surface area (Å²) in [4.78, 5) is 6.81. The van der Waals surface area contributed by atoms with E-state index in [1.54, 1.807) is 0 Å². The van der Waals surface area contributed by atoms with Crippen molar-refractivity contribution in [3.63, 3.8) is 0 Å². The van der Waals surface area contributed by atoms with Gasteiger partial charge in [0.05, 0.1) is 19.8 Å². The van der Waals surface area contributed by atoms with E-state index in [-0.39, 0.29) is 0 Å². The molecule has 0 unspecified atom stereocenters. The molecule has 1 aromatic rings. The Morgan fingerprint density at radius 3 is 2.83 bits per heavy atom. The van der Waals surface area contributed by atoms with Gasteiger partial charge in [0.2, 0.25) is 0 Å². The SMILES string of the molecule is NC(=NCc1cc(Cl)ccc1N1CCOCC1)NCC1CCC1. The zero-order valence-electron chi connectivity index (χ0n) is 13.4. The Morgan fingerprint density at radius 2 is 2.13 bits per heavy atom. The number of halogens is 1. The molecular formula is C17H25ClN4O. The summed E-state index contributed by atoms with van der Waals surface area (Å²) in [5, 5.41) is 3.96. The molecule has 23 heavy (non-hydrogen) atoms. The Morgan fingerprint density at radius 1 is 1.35 bits per heavy atom. The lowest BCUT2D eigenvalue weighted by Crippen LogP contribution is -2.37. The van der Waals surface area contributed by atoms with Crippen LogP contribution in [0.5, 0.6) is 0 Å². The Balaban J connectivity index is 1.64. The van der Waals surface area contributed by atoms with Crippen LogP contribution in [0.3, 0.4) is 0 Å². The van der Waals surface area contributed by atoms with E-state index < -0.39 is 0 Å². The van der Waals surface area contributed by atoms with Crippen molar-refractivity contribution in [2.24, 2.45) is 16.6 Å². The molecule has 3 N–H and O–H groups in total. The number of aliphatic imine (C=N–C) groups is 1. The summed E-state index contributed by atoms with van der Waals surface area (Å²) >= 11 is 6.16. The number of ether oxygens (including phenoxy) is 1. The summed E-state index contributed by atoms with van der Waals surface area (Å²) in [6.07, 6.45) is 3.94. The van der Waals surface area contributed by atoms with E-state index in [2.05, 4.69) is 21.3 Å². The fraction of sp³-hybridized carbons (Fsp3) is 0.588. The topological polar surface area (TPSA) is 62.9 Å². The Kier molecular flexibility index (Phi) is 5.62. The van der Waals surface area contributed by atoms with Crippen molar-refractivity contribution in [2.45, 2.75) is 25.8 Å². The van der Waals surface area contributed by atoms with Crippen molar-refractivity contribution >= 4 is 23.2 Å². The average Bonchev–Trinajstić information content (AvgIpc) is 2.52. The summed E-state index contributed by atoms with van der Waals surface area (Å²) in [6.45, 7) is 4.78. The van der Waals surface area contributed by atoms with Gasteiger partial charge in [-0.3, -0.25) is 0 Å². The van der Waals surface area contributed by atoms with Gasteiger partial charge in [-0.05, 0) is 42.5 Å². The maximum absolute atomic E-state index is 6.16. The standard InChI is InChI=1S/C17H25ClN4O/c18-15-4-5-16(22-6-8-23-9-7-22)14(10-15)12-21-17(19)20-11-13-2-1-3-13/h4-5,10,13H,1-3,6-9,11-12H2,(H3,19,20,21). The number of hydrogen-bond donors (Lipinski definition) is 2. The summed E-state index contributed by atoms with van der Waals surface area (Å²) in [7, 11) is 0. The van der Waals surface area contributed by atoms with Gasteiger partial charge >= 0.3 is 0 Å². The number of benzene rings is 1. The van der Waals surface area contributed by atoms with Crippen LogP contribution in [0.1, 0.15) is 24.8 Å². The molecule has 2 aliphatic rings. The second-order valence-corrected chi connectivity index (χ2v) is 6.69. The van der Waals surface area contributed by atoms with Crippen molar-refractivity contribution in [1.29, 1.82) is 0 Å². The third-order valence-electron chi connectivity index (χ3n) is 4.61. The van der Waals surface area contributed by atoms with Gasteiger partial charge < -0.3 is 20.7 Å². The first-order valence-corrected chi connectivity index (χ1v) is 8.75. The third-order valence-corrected chi connectivity index (χ3v) is 4.84. The molecular weight excluding hydrogens is 312 g/mol. The number of guanidine groups is 1. The molecule has 1 saturated carbocycles. The van der Waals surface area contributed by atoms with Crippen LogP contribution in [0.4, 0.5) is 5.69 Å². The van der Waals surface area contributed by atoms with E-state index >= 15 is 0 Å². The minimum Gasteiger partial charge on any atom is -0.378 e. The van der Waals surface area contributed by atoms with Gasteiger partial charge in [-0.25, -0.2) is 4.99 Å². The van der Waals surface area contributed by atoms with Gasteiger partial charge in [0.25, 0.3) is 0 Å². The molecule has 1 saturated heterocycles. The lowest BCUT2D eigenvalue weighted by molar-refractivity contribution is 0.122. The van der Waals surface area contributed by atoms with Gasteiger partial charge in [-0.15, -0.1) is 0 Å². The summed E-state index contributed by atoms with van der Waals surface area (Å²) in [5.74, 6) is 1.28. The molecule has 0 amide bonds. The normalized spacial score (nSPS) is 19.5. The van der Waals surface area contributed by atoms with Crippen LogP contribution in [-0.4, -0.2) is 38.8 Å². The Hall–Kier alpha value is -1.46. The van der Waals surface area contributed by atoms with Crippen LogP contribution >= 0.6 is 11.6 Å². The van der Waals surface area contributed by atoms with Crippen LogP contribution in [0, 0.1) is 5.92 Å². The maximum Gasteiger partial charge on any atom is 0.188 e. The lowest BCUT2D eigenvalue weighted by Gasteiger charge is -2.30. The largest absolute Gasteiger partial charge is 0.378 e. The predicted molar refractivity (Wildman–Crippen MR) is 95.2 cm³/mol. The predicted octanol–water partition coefficient (Wildman–Crippen LogP) is 2.38. The summed E-state index contributed by atoms with van der Waals surface area (Å²) < 4.78 is 5.43. The first-order valence-electron chi connectivity index (χ1n) is 8.37. The first kappa shape index (κ1) is 16.4. The van der Waals surface area contributed by atoms with Gasteiger partial charge in [-0.1, -0.05) is 18.0 Å². The highest BCUT2D eigenvalue weighted by atomic mass is 35.5. The van der Waals surface area contributed by atoms with Crippen LogP contribution in [-0.2, 0) is 11.3 Å².